The van der Waals surface area contributed by atoms with Crippen LogP contribution in [-0.2, 0) is 9.59 Å². The first-order valence-electron chi connectivity index (χ1n) is 4.53. The van der Waals surface area contributed by atoms with Gasteiger partial charge < -0.3 is 5.53 Å². The summed E-state index contributed by atoms with van der Waals surface area (Å²) >= 11 is 0. The maximum Gasteiger partial charge on any atom is 0.324 e. The molecule has 0 aromatic rings. The normalized spacial score (nSPS) is 25.6. The van der Waals surface area contributed by atoms with E-state index in [1.54, 1.807) is 6.08 Å². The molecule has 1 atom stereocenters. The number of Topliss-reactive ketones (excluding diaryl/α,β-unsaturated/α-hetero) is 2. The SMILES string of the molecule is C=CCC1(C(=O)C=[N+]=[N-])CCCC1=O. The van der Waals surface area contributed by atoms with Crippen LogP contribution < -0.4 is 0 Å². The molecule has 1 fully saturated rings. The van der Waals surface area contributed by atoms with E-state index < -0.39 is 11.2 Å². The molecular formula is C10H12N2O2. The van der Waals surface area contributed by atoms with Gasteiger partial charge in [-0.1, -0.05) is 6.08 Å². The van der Waals surface area contributed by atoms with E-state index in [9.17, 15) is 9.59 Å². The van der Waals surface area contributed by atoms with Gasteiger partial charge in [-0.2, -0.15) is 4.79 Å². The molecule has 0 aromatic carbocycles. The van der Waals surface area contributed by atoms with Gasteiger partial charge in [0.25, 0.3) is 0 Å². The molecule has 0 N–H and O–H groups in total. The lowest BCUT2D eigenvalue weighted by atomic mass is 9.78. The molecule has 4 nitrogen and oxygen atoms in total. The summed E-state index contributed by atoms with van der Waals surface area (Å²) in [6, 6.07) is 0. The molecule has 4 heteroatoms. The number of ketones is 2. The van der Waals surface area contributed by atoms with E-state index in [-0.39, 0.29) is 5.78 Å². The Hall–Kier alpha value is -1.54. The van der Waals surface area contributed by atoms with Crippen LogP contribution in [0.5, 0.6) is 0 Å². The average Bonchev–Trinajstić information content (AvgIpc) is 2.50. The number of carbonyl (C=O) groups is 2. The number of allylic oxidation sites excluding steroid dienone is 1. The predicted octanol–water partition coefficient (Wildman–Crippen LogP) is 1.17. The lowest BCUT2D eigenvalue weighted by Crippen LogP contribution is -2.35. The molecule has 0 amide bonds. The smallest absolute Gasteiger partial charge is 0.324 e. The Morgan fingerprint density at radius 3 is 2.86 bits per heavy atom. The van der Waals surface area contributed by atoms with Gasteiger partial charge in [0.2, 0.25) is 5.78 Å². The molecule has 0 radical (unpaired) electrons. The molecular weight excluding hydrogens is 180 g/mol. The van der Waals surface area contributed by atoms with Crippen LogP contribution in [0.25, 0.3) is 5.53 Å². The second kappa shape index (κ2) is 4.11. The average molecular weight is 192 g/mol. The maximum atomic E-state index is 11.6. The lowest BCUT2D eigenvalue weighted by molar-refractivity contribution is -0.136. The Kier molecular flexibility index (Phi) is 3.10. The van der Waals surface area contributed by atoms with Crippen molar-refractivity contribution in [2.75, 3.05) is 0 Å². The van der Waals surface area contributed by atoms with Crippen LogP contribution in [0, 0.1) is 5.41 Å². The van der Waals surface area contributed by atoms with E-state index in [0.29, 0.717) is 19.3 Å². The number of hydrogen-bond donors (Lipinski definition) is 0. The van der Waals surface area contributed by atoms with Gasteiger partial charge in [0.05, 0.1) is 0 Å². The first kappa shape index (κ1) is 10.5. The third-order valence-corrected chi connectivity index (χ3v) is 2.68. The van der Waals surface area contributed by atoms with Gasteiger partial charge >= 0.3 is 6.21 Å². The summed E-state index contributed by atoms with van der Waals surface area (Å²) in [5.74, 6) is -0.482. The highest BCUT2D eigenvalue weighted by Crippen LogP contribution is 2.38. The molecule has 1 rings (SSSR count). The molecule has 0 aromatic heterocycles. The Morgan fingerprint density at radius 2 is 2.43 bits per heavy atom. The van der Waals surface area contributed by atoms with E-state index >= 15 is 0 Å². The van der Waals surface area contributed by atoms with Gasteiger partial charge in [-0.05, 0) is 19.3 Å². The monoisotopic (exact) mass is 192 g/mol. The summed E-state index contributed by atoms with van der Waals surface area (Å²) in [7, 11) is 0. The Labute approximate surface area is 82.2 Å². The van der Waals surface area contributed by atoms with E-state index in [4.69, 9.17) is 5.53 Å². The summed E-state index contributed by atoms with van der Waals surface area (Å²) in [5, 5.41) is 0. The van der Waals surface area contributed by atoms with Crippen molar-refractivity contribution in [2.45, 2.75) is 25.7 Å². The van der Waals surface area contributed by atoms with Gasteiger partial charge in [-0.15, -0.1) is 6.58 Å². The van der Waals surface area contributed by atoms with Gasteiger partial charge in [0, 0.05) is 6.42 Å². The highest BCUT2D eigenvalue weighted by atomic mass is 16.2. The molecule has 1 saturated carbocycles. The Morgan fingerprint density at radius 1 is 1.71 bits per heavy atom. The zero-order valence-corrected chi connectivity index (χ0v) is 7.90. The van der Waals surface area contributed by atoms with Crippen molar-refractivity contribution in [3.05, 3.63) is 18.2 Å². The number of carbonyl (C=O) groups excluding carboxylic acids is 2. The molecule has 14 heavy (non-hydrogen) atoms. The largest absolute Gasteiger partial charge is 0.361 e. The molecule has 0 saturated heterocycles. The molecule has 0 aliphatic heterocycles. The van der Waals surface area contributed by atoms with Crippen molar-refractivity contribution in [2.24, 2.45) is 5.41 Å². The molecule has 0 heterocycles. The second-order valence-corrected chi connectivity index (χ2v) is 3.46. The van der Waals surface area contributed by atoms with Crippen LogP contribution in [-0.4, -0.2) is 22.6 Å². The fourth-order valence-corrected chi connectivity index (χ4v) is 1.93. The van der Waals surface area contributed by atoms with Crippen molar-refractivity contribution in [1.82, 2.24) is 0 Å². The van der Waals surface area contributed by atoms with Crippen LogP contribution in [0.3, 0.4) is 0 Å². The predicted molar refractivity (Wildman–Crippen MR) is 50.8 cm³/mol. The first-order valence-corrected chi connectivity index (χ1v) is 4.53. The highest BCUT2D eigenvalue weighted by Gasteiger charge is 2.47. The van der Waals surface area contributed by atoms with E-state index in [1.165, 1.54) is 0 Å². The number of rotatable bonds is 4. The maximum absolute atomic E-state index is 11.6. The Bertz CT molecular complexity index is 329. The van der Waals surface area contributed by atoms with Crippen molar-refractivity contribution in [3.63, 3.8) is 0 Å². The van der Waals surface area contributed by atoms with Gasteiger partial charge in [0.15, 0.2) is 0 Å². The van der Waals surface area contributed by atoms with Crippen LogP contribution >= 0.6 is 0 Å². The summed E-state index contributed by atoms with van der Waals surface area (Å²) in [6.45, 7) is 3.53. The highest BCUT2D eigenvalue weighted by molar-refractivity contribution is 6.34. The summed E-state index contributed by atoms with van der Waals surface area (Å²) in [6.07, 6.45) is 4.38. The molecule has 0 bridgehead atoms. The van der Waals surface area contributed by atoms with Crippen LogP contribution in [0.2, 0.25) is 0 Å². The minimum absolute atomic E-state index is 0.0673. The van der Waals surface area contributed by atoms with Crippen LogP contribution in [0.4, 0.5) is 0 Å². The quantitative estimate of drug-likeness (QED) is 0.220. The molecule has 1 aliphatic carbocycles. The number of hydrogen-bond acceptors (Lipinski definition) is 2. The molecule has 0 spiro atoms. The van der Waals surface area contributed by atoms with Crippen LogP contribution in [0.15, 0.2) is 12.7 Å². The first-order chi connectivity index (χ1) is 6.67. The molecule has 1 unspecified atom stereocenters. The van der Waals surface area contributed by atoms with E-state index in [2.05, 4.69) is 11.4 Å². The van der Waals surface area contributed by atoms with Crippen molar-refractivity contribution < 1.29 is 14.4 Å². The third kappa shape index (κ3) is 1.56. The zero-order chi connectivity index (χ0) is 10.6. The van der Waals surface area contributed by atoms with Crippen molar-refractivity contribution in [3.8, 4) is 0 Å². The second-order valence-electron chi connectivity index (χ2n) is 3.46. The molecule has 74 valence electrons. The lowest BCUT2D eigenvalue weighted by Gasteiger charge is -2.19. The summed E-state index contributed by atoms with van der Waals surface area (Å²) in [5.41, 5.74) is 7.29. The fraction of sp³-hybridized carbons (Fsp3) is 0.500. The summed E-state index contributed by atoms with van der Waals surface area (Å²) in [4.78, 5) is 25.9. The van der Waals surface area contributed by atoms with Crippen molar-refractivity contribution in [1.29, 1.82) is 0 Å². The van der Waals surface area contributed by atoms with E-state index in [1.807, 2.05) is 0 Å². The zero-order valence-electron chi connectivity index (χ0n) is 7.90. The van der Waals surface area contributed by atoms with Gasteiger partial charge in [-0.25, -0.2) is 0 Å². The standard InChI is InChI=1S/C10H12N2O2/c1-2-5-10(9(14)7-12-11)6-3-4-8(10)13/h2,7H,1,3-6H2. The van der Waals surface area contributed by atoms with Crippen molar-refractivity contribution >= 4 is 17.8 Å². The topological polar surface area (TPSA) is 70.5 Å². The fourth-order valence-electron chi connectivity index (χ4n) is 1.93. The minimum atomic E-state index is -0.992. The van der Waals surface area contributed by atoms with E-state index in [0.717, 1.165) is 12.6 Å². The minimum Gasteiger partial charge on any atom is -0.361 e. The number of nitrogens with zero attached hydrogens (tertiary/aromatic N) is 2. The van der Waals surface area contributed by atoms with Gasteiger partial charge in [-0.3, -0.25) is 9.59 Å². The third-order valence-electron chi connectivity index (χ3n) is 2.68. The van der Waals surface area contributed by atoms with Gasteiger partial charge in [0.1, 0.15) is 11.2 Å². The Balaban J connectivity index is 3.03. The summed E-state index contributed by atoms with van der Waals surface area (Å²) < 4.78 is 0. The molecule has 1 aliphatic rings. The van der Waals surface area contributed by atoms with Crippen LogP contribution in [0.1, 0.15) is 25.7 Å².